The van der Waals surface area contributed by atoms with Crippen molar-refractivity contribution in [2.75, 3.05) is 0 Å². The molecule has 0 bridgehead atoms. The molecule has 0 saturated carbocycles. The van der Waals surface area contributed by atoms with Crippen molar-refractivity contribution in [3.05, 3.63) is 114 Å². The Morgan fingerprint density at radius 2 is 1.49 bits per heavy atom. The van der Waals surface area contributed by atoms with Gasteiger partial charge in [-0.1, -0.05) is 68.4 Å². The van der Waals surface area contributed by atoms with Gasteiger partial charge < -0.3 is 4.57 Å². The molecule has 0 fully saturated rings. The standard InChI is InChI=1S/C32H23N3/c1-32(2)24-11-5-3-9-21(24)22-15-14-20(19-25(22)32)35-27-12-6-4-10-23(27)30-28(35)17-16-26-31(30)34-18-8-7-13-29(34)33-26/h3-19H,1-2H3. The lowest BCUT2D eigenvalue weighted by Gasteiger charge is -2.22. The summed E-state index contributed by atoms with van der Waals surface area (Å²) >= 11 is 0. The van der Waals surface area contributed by atoms with Crippen molar-refractivity contribution in [1.29, 1.82) is 0 Å². The number of hydrogen-bond acceptors (Lipinski definition) is 1. The van der Waals surface area contributed by atoms with Crippen LogP contribution in [-0.4, -0.2) is 14.0 Å². The summed E-state index contributed by atoms with van der Waals surface area (Å²) < 4.78 is 4.64. The second-order valence-electron chi connectivity index (χ2n) is 10.1. The van der Waals surface area contributed by atoms with Gasteiger partial charge in [0.05, 0.1) is 22.1 Å². The van der Waals surface area contributed by atoms with Gasteiger partial charge in [0.15, 0.2) is 0 Å². The van der Waals surface area contributed by atoms with Gasteiger partial charge in [-0.3, -0.25) is 4.40 Å². The van der Waals surface area contributed by atoms with Crippen LogP contribution in [0.4, 0.5) is 0 Å². The molecule has 0 unspecified atom stereocenters. The van der Waals surface area contributed by atoms with Crippen LogP contribution in [0.5, 0.6) is 0 Å². The molecule has 166 valence electrons. The fourth-order valence-electron chi connectivity index (χ4n) is 6.31. The molecule has 0 N–H and O–H groups in total. The highest BCUT2D eigenvalue weighted by molar-refractivity contribution is 6.20. The fraction of sp³-hybridized carbons (Fsp3) is 0.0938. The van der Waals surface area contributed by atoms with E-state index < -0.39 is 0 Å². The van der Waals surface area contributed by atoms with Crippen molar-refractivity contribution < 1.29 is 0 Å². The molecule has 3 nitrogen and oxygen atoms in total. The van der Waals surface area contributed by atoms with Gasteiger partial charge in [0.1, 0.15) is 5.65 Å². The molecule has 0 aliphatic heterocycles. The number of nitrogens with zero attached hydrogens (tertiary/aromatic N) is 3. The van der Waals surface area contributed by atoms with E-state index in [-0.39, 0.29) is 5.41 Å². The first-order chi connectivity index (χ1) is 17.1. The summed E-state index contributed by atoms with van der Waals surface area (Å²) in [6.07, 6.45) is 2.12. The molecule has 1 aliphatic rings. The average molecular weight is 450 g/mol. The lowest BCUT2D eigenvalue weighted by Crippen LogP contribution is -2.15. The molecule has 0 atom stereocenters. The second-order valence-corrected chi connectivity index (χ2v) is 10.1. The number of pyridine rings is 1. The van der Waals surface area contributed by atoms with Gasteiger partial charge in [0.2, 0.25) is 0 Å². The molecule has 8 rings (SSSR count). The minimum absolute atomic E-state index is 0.0321. The van der Waals surface area contributed by atoms with Gasteiger partial charge in [0.25, 0.3) is 0 Å². The summed E-state index contributed by atoms with van der Waals surface area (Å²) in [5.41, 5.74) is 12.3. The van der Waals surface area contributed by atoms with Crippen LogP contribution in [0.25, 0.3) is 55.3 Å². The third-order valence-electron chi connectivity index (χ3n) is 7.93. The SMILES string of the molecule is CC1(C)c2ccccc2-c2ccc(-n3c4ccccc4c4c3ccc3nc5ccccn5c34)cc21. The summed E-state index contributed by atoms with van der Waals surface area (Å²) in [7, 11) is 0. The third kappa shape index (κ3) is 2.33. The zero-order valence-electron chi connectivity index (χ0n) is 19.7. The first-order valence-electron chi connectivity index (χ1n) is 12.2. The highest BCUT2D eigenvalue weighted by Gasteiger charge is 2.35. The Bertz CT molecular complexity index is 1980. The van der Waals surface area contributed by atoms with E-state index in [4.69, 9.17) is 4.98 Å². The van der Waals surface area contributed by atoms with Crippen molar-refractivity contribution in [3.8, 4) is 16.8 Å². The van der Waals surface area contributed by atoms with E-state index in [2.05, 4.69) is 120 Å². The lowest BCUT2D eigenvalue weighted by atomic mass is 9.82. The second kappa shape index (κ2) is 6.39. The van der Waals surface area contributed by atoms with Crippen molar-refractivity contribution in [3.63, 3.8) is 0 Å². The number of fused-ring (bicyclic) bond motifs is 10. The summed E-state index contributed by atoms with van der Waals surface area (Å²) in [6.45, 7) is 4.69. The third-order valence-corrected chi connectivity index (χ3v) is 7.93. The van der Waals surface area contributed by atoms with Crippen LogP contribution in [0.2, 0.25) is 0 Å². The topological polar surface area (TPSA) is 22.2 Å². The predicted octanol–water partition coefficient (Wildman–Crippen LogP) is 7.89. The molecule has 3 heteroatoms. The highest BCUT2D eigenvalue weighted by Crippen LogP contribution is 2.49. The van der Waals surface area contributed by atoms with Crippen LogP contribution in [0.1, 0.15) is 25.0 Å². The normalized spacial score (nSPS) is 14.2. The molecule has 7 aromatic rings. The van der Waals surface area contributed by atoms with Crippen molar-refractivity contribution >= 4 is 38.5 Å². The van der Waals surface area contributed by atoms with Crippen molar-refractivity contribution in [2.24, 2.45) is 0 Å². The minimum Gasteiger partial charge on any atom is -0.309 e. The van der Waals surface area contributed by atoms with Gasteiger partial charge in [-0.25, -0.2) is 4.98 Å². The van der Waals surface area contributed by atoms with E-state index in [1.54, 1.807) is 0 Å². The van der Waals surface area contributed by atoms with Crippen molar-refractivity contribution in [2.45, 2.75) is 19.3 Å². The fourth-order valence-corrected chi connectivity index (χ4v) is 6.31. The maximum absolute atomic E-state index is 4.90. The summed E-state index contributed by atoms with van der Waals surface area (Å²) in [6, 6.07) is 35.2. The van der Waals surface area contributed by atoms with E-state index in [0.29, 0.717) is 0 Å². The molecule has 3 aromatic heterocycles. The Morgan fingerprint density at radius 1 is 0.686 bits per heavy atom. The van der Waals surface area contributed by atoms with Gasteiger partial charge in [0, 0.05) is 28.1 Å². The number of para-hydroxylation sites is 1. The number of benzene rings is 4. The number of hydrogen-bond donors (Lipinski definition) is 0. The van der Waals surface area contributed by atoms with Crippen molar-refractivity contribution in [1.82, 2.24) is 14.0 Å². The average Bonchev–Trinajstić information content (AvgIpc) is 3.50. The Hall–Kier alpha value is -4.37. The van der Waals surface area contributed by atoms with Crippen LogP contribution in [0, 0.1) is 0 Å². The van der Waals surface area contributed by atoms with Gasteiger partial charge in [-0.05, 0) is 64.7 Å². The molecule has 0 spiro atoms. The van der Waals surface area contributed by atoms with E-state index in [1.807, 2.05) is 6.07 Å². The van der Waals surface area contributed by atoms with Crippen LogP contribution < -0.4 is 0 Å². The molecule has 35 heavy (non-hydrogen) atoms. The quantitative estimate of drug-likeness (QED) is 0.250. The molecule has 0 saturated heterocycles. The van der Waals surface area contributed by atoms with E-state index in [1.165, 1.54) is 55.3 Å². The molecular formula is C32H23N3. The maximum Gasteiger partial charge on any atom is 0.137 e. The van der Waals surface area contributed by atoms with E-state index in [0.717, 1.165) is 11.2 Å². The predicted molar refractivity (Wildman–Crippen MR) is 145 cm³/mol. The Balaban J connectivity index is 1.49. The number of aromatic nitrogens is 3. The monoisotopic (exact) mass is 449 g/mol. The number of imidazole rings is 1. The number of rotatable bonds is 1. The summed E-state index contributed by atoms with van der Waals surface area (Å²) in [5, 5.41) is 2.50. The van der Waals surface area contributed by atoms with E-state index >= 15 is 0 Å². The van der Waals surface area contributed by atoms with Crippen LogP contribution in [-0.2, 0) is 5.41 Å². The molecule has 0 radical (unpaired) electrons. The molecule has 0 amide bonds. The first kappa shape index (κ1) is 19.0. The molecule has 3 heterocycles. The lowest BCUT2D eigenvalue weighted by molar-refractivity contribution is 0.660. The Morgan fingerprint density at radius 3 is 2.43 bits per heavy atom. The zero-order valence-corrected chi connectivity index (χ0v) is 19.7. The Kier molecular flexibility index (Phi) is 3.47. The van der Waals surface area contributed by atoms with Gasteiger partial charge in [-0.15, -0.1) is 0 Å². The molecule has 1 aliphatic carbocycles. The van der Waals surface area contributed by atoms with E-state index in [9.17, 15) is 0 Å². The maximum atomic E-state index is 4.90. The van der Waals surface area contributed by atoms with Crippen LogP contribution in [0.15, 0.2) is 103 Å². The van der Waals surface area contributed by atoms with Crippen LogP contribution in [0.3, 0.4) is 0 Å². The molecule has 4 aromatic carbocycles. The Labute approximate surface area is 202 Å². The largest absolute Gasteiger partial charge is 0.309 e. The highest BCUT2D eigenvalue weighted by atomic mass is 15.0. The minimum atomic E-state index is -0.0321. The smallest absolute Gasteiger partial charge is 0.137 e. The molecular weight excluding hydrogens is 426 g/mol. The summed E-state index contributed by atoms with van der Waals surface area (Å²) in [5.74, 6) is 0. The zero-order chi connectivity index (χ0) is 23.3. The summed E-state index contributed by atoms with van der Waals surface area (Å²) in [4.78, 5) is 4.90. The first-order valence-corrected chi connectivity index (χ1v) is 12.2. The van der Waals surface area contributed by atoms with Gasteiger partial charge in [-0.2, -0.15) is 0 Å². The van der Waals surface area contributed by atoms with Gasteiger partial charge >= 0.3 is 0 Å². The van der Waals surface area contributed by atoms with Crippen LogP contribution >= 0.6 is 0 Å².